The zero-order valence-electron chi connectivity index (χ0n) is 6.71. The van der Waals surface area contributed by atoms with Gasteiger partial charge in [0, 0.05) is 11.9 Å². The maximum atomic E-state index is 10.8. The average molecular weight is 162 g/mol. The Morgan fingerprint density at radius 1 is 1.50 bits per heavy atom. The maximum absolute atomic E-state index is 10.8. The molecule has 0 fully saturated rings. The highest BCUT2D eigenvalue weighted by atomic mass is 16.1. The van der Waals surface area contributed by atoms with Gasteiger partial charge in [-0.1, -0.05) is 0 Å². The molecule has 0 atom stereocenters. The zero-order valence-corrected chi connectivity index (χ0v) is 6.71. The van der Waals surface area contributed by atoms with Gasteiger partial charge in [0.1, 0.15) is 0 Å². The zero-order chi connectivity index (χ0) is 8.55. The molecule has 62 valence electrons. The van der Waals surface area contributed by atoms with Gasteiger partial charge >= 0.3 is 0 Å². The van der Waals surface area contributed by atoms with E-state index in [1.54, 1.807) is 6.20 Å². The second-order valence-electron chi connectivity index (χ2n) is 3.05. The lowest BCUT2D eigenvalue weighted by Crippen LogP contribution is -2.11. The quantitative estimate of drug-likeness (QED) is 0.659. The molecule has 12 heavy (non-hydrogen) atoms. The van der Waals surface area contributed by atoms with Crippen molar-refractivity contribution in [2.24, 2.45) is 5.73 Å². The first-order valence-electron chi connectivity index (χ1n) is 4.05. The fourth-order valence-electron chi connectivity index (χ4n) is 1.56. The number of hydrogen-bond acceptors (Lipinski definition) is 2. The Bertz CT molecular complexity index is 333. The molecule has 3 nitrogen and oxygen atoms in total. The van der Waals surface area contributed by atoms with Crippen LogP contribution in [0.5, 0.6) is 0 Å². The number of pyridine rings is 1. The molecule has 0 bridgehead atoms. The predicted octanol–water partition coefficient (Wildman–Crippen LogP) is 0.669. The SMILES string of the molecule is NC(=O)c1cnc2c(c1)CCC2. The van der Waals surface area contributed by atoms with Crippen molar-refractivity contribution in [3.05, 3.63) is 29.1 Å². The number of primary amides is 1. The average Bonchev–Trinajstić information content (AvgIpc) is 2.49. The summed E-state index contributed by atoms with van der Waals surface area (Å²) in [6, 6.07) is 1.86. The van der Waals surface area contributed by atoms with E-state index >= 15 is 0 Å². The number of nitrogens with zero attached hydrogens (tertiary/aromatic N) is 1. The van der Waals surface area contributed by atoms with Crippen molar-refractivity contribution in [2.45, 2.75) is 19.3 Å². The van der Waals surface area contributed by atoms with E-state index in [0.717, 1.165) is 25.0 Å². The molecule has 1 aromatic rings. The van der Waals surface area contributed by atoms with Crippen LogP contribution >= 0.6 is 0 Å². The Morgan fingerprint density at radius 2 is 2.33 bits per heavy atom. The summed E-state index contributed by atoms with van der Waals surface area (Å²) in [6.07, 6.45) is 4.77. The lowest BCUT2D eigenvalue weighted by Gasteiger charge is -1.99. The van der Waals surface area contributed by atoms with Crippen LogP contribution in [0.4, 0.5) is 0 Å². The number of nitrogens with two attached hydrogens (primary N) is 1. The van der Waals surface area contributed by atoms with Crippen molar-refractivity contribution in [1.29, 1.82) is 0 Å². The number of carbonyl (C=O) groups excluding carboxylic acids is 1. The number of carbonyl (C=O) groups is 1. The summed E-state index contributed by atoms with van der Waals surface area (Å²) in [6.45, 7) is 0. The van der Waals surface area contributed by atoms with E-state index in [-0.39, 0.29) is 0 Å². The monoisotopic (exact) mass is 162 g/mol. The van der Waals surface area contributed by atoms with E-state index in [9.17, 15) is 4.79 Å². The van der Waals surface area contributed by atoms with Crippen molar-refractivity contribution in [1.82, 2.24) is 4.98 Å². The van der Waals surface area contributed by atoms with E-state index in [4.69, 9.17) is 5.73 Å². The van der Waals surface area contributed by atoms with Crippen molar-refractivity contribution in [2.75, 3.05) is 0 Å². The molecule has 2 rings (SSSR count). The lowest BCUT2D eigenvalue weighted by atomic mass is 10.1. The van der Waals surface area contributed by atoms with Gasteiger partial charge in [-0.2, -0.15) is 0 Å². The largest absolute Gasteiger partial charge is 0.366 e. The van der Waals surface area contributed by atoms with E-state index < -0.39 is 5.91 Å². The summed E-state index contributed by atoms with van der Waals surface area (Å²) in [4.78, 5) is 15.0. The second kappa shape index (κ2) is 2.59. The lowest BCUT2D eigenvalue weighted by molar-refractivity contribution is 0.1000. The number of aromatic nitrogens is 1. The molecule has 0 aromatic carbocycles. The Hall–Kier alpha value is -1.38. The third-order valence-electron chi connectivity index (χ3n) is 2.20. The molecule has 0 saturated carbocycles. The van der Waals surface area contributed by atoms with Crippen molar-refractivity contribution < 1.29 is 4.79 Å². The Labute approximate surface area is 70.6 Å². The molecule has 0 spiro atoms. The first-order chi connectivity index (χ1) is 5.77. The van der Waals surface area contributed by atoms with Gasteiger partial charge in [0.05, 0.1) is 5.56 Å². The molecule has 1 amide bonds. The third-order valence-corrected chi connectivity index (χ3v) is 2.20. The Morgan fingerprint density at radius 3 is 3.08 bits per heavy atom. The molecule has 1 aliphatic carbocycles. The van der Waals surface area contributed by atoms with Crippen LogP contribution < -0.4 is 5.73 Å². The summed E-state index contributed by atoms with van der Waals surface area (Å²) in [5, 5.41) is 0. The van der Waals surface area contributed by atoms with Gasteiger partial charge in [0.25, 0.3) is 0 Å². The molecular formula is C9H10N2O. The minimum Gasteiger partial charge on any atom is -0.366 e. The first-order valence-corrected chi connectivity index (χ1v) is 4.05. The second-order valence-corrected chi connectivity index (χ2v) is 3.05. The van der Waals surface area contributed by atoms with Crippen LogP contribution in [0.25, 0.3) is 0 Å². The molecular weight excluding hydrogens is 152 g/mol. The molecule has 0 radical (unpaired) electrons. The molecule has 0 unspecified atom stereocenters. The smallest absolute Gasteiger partial charge is 0.250 e. The van der Waals surface area contributed by atoms with Gasteiger partial charge in [0.2, 0.25) is 5.91 Å². The van der Waals surface area contributed by atoms with Crippen molar-refractivity contribution >= 4 is 5.91 Å². The highest BCUT2D eigenvalue weighted by molar-refractivity contribution is 5.92. The first kappa shape index (κ1) is 7.28. The van der Waals surface area contributed by atoms with Gasteiger partial charge in [-0.3, -0.25) is 9.78 Å². The molecule has 1 heterocycles. The highest BCUT2D eigenvalue weighted by Gasteiger charge is 2.13. The van der Waals surface area contributed by atoms with Crippen LogP contribution in [-0.2, 0) is 12.8 Å². The fraction of sp³-hybridized carbons (Fsp3) is 0.333. The normalized spacial score (nSPS) is 14.3. The molecule has 2 N–H and O–H groups in total. The topological polar surface area (TPSA) is 56.0 Å². The number of fused-ring (bicyclic) bond motifs is 1. The molecule has 1 aromatic heterocycles. The number of aryl methyl sites for hydroxylation is 2. The minimum atomic E-state index is -0.391. The van der Waals surface area contributed by atoms with Crippen LogP contribution in [0.15, 0.2) is 12.3 Å². The van der Waals surface area contributed by atoms with Gasteiger partial charge in [-0.15, -0.1) is 0 Å². The van der Waals surface area contributed by atoms with Crippen LogP contribution in [0.3, 0.4) is 0 Å². The Balaban J connectivity index is 2.45. The summed E-state index contributed by atoms with van der Waals surface area (Å²) in [5.41, 5.74) is 7.96. The van der Waals surface area contributed by atoms with E-state index in [1.807, 2.05) is 6.07 Å². The van der Waals surface area contributed by atoms with E-state index in [1.165, 1.54) is 5.56 Å². The highest BCUT2D eigenvalue weighted by Crippen LogP contribution is 2.19. The molecule has 1 aliphatic rings. The van der Waals surface area contributed by atoms with Gasteiger partial charge in [-0.05, 0) is 30.9 Å². The van der Waals surface area contributed by atoms with Crippen LogP contribution in [-0.4, -0.2) is 10.9 Å². The summed E-state index contributed by atoms with van der Waals surface area (Å²) in [5.74, 6) is -0.391. The summed E-state index contributed by atoms with van der Waals surface area (Å²) < 4.78 is 0. The summed E-state index contributed by atoms with van der Waals surface area (Å²) >= 11 is 0. The van der Waals surface area contributed by atoms with Crippen LogP contribution in [0.1, 0.15) is 28.0 Å². The molecule has 3 heteroatoms. The number of rotatable bonds is 1. The fourth-order valence-corrected chi connectivity index (χ4v) is 1.56. The molecule has 0 saturated heterocycles. The van der Waals surface area contributed by atoms with E-state index in [0.29, 0.717) is 5.56 Å². The third kappa shape index (κ3) is 1.07. The van der Waals surface area contributed by atoms with Crippen molar-refractivity contribution in [3.63, 3.8) is 0 Å². The Kier molecular flexibility index (Phi) is 1.57. The maximum Gasteiger partial charge on any atom is 0.250 e. The minimum absolute atomic E-state index is 0.391. The van der Waals surface area contributed by atoms with Gasteiger partial charge in [-0.25, -0.2) is 0 Å². The number of amides is 1. The standard InChI is InChI=1S/C9H10N2O/c10-9(12)7-4-6-2-1-3-8(6)11-5-7/h4-5H,1-3H2,(H2,10,12). The summed E-state index contributed by atoms with van der Waals surface area (Å²) in [7, 11) is 0. The number of hydrogen-bond donors (Lipinski definition) is 1. The van der Waals surface area contributed by atoms with E-state index in [2.05, 4.69) is 4.98 Å². The predicted molar refractivity (Wildman–Crippen MR) is 44.8 cm³/mol. The van der Waals surface area contributed by atoms with Crippen LogP contribution in [0, 0.1) is 0 Å². The molecule has 0 aliphatic heterocycles. The van der Waals surface area contributed by atoms with Crippen LogP contribution in [0.2, 0.25) is 0 Å². The van der Waals surface area contributed by atoms with Crippen molar-refractivity contribution in [3.8, 4) is 0 Å². The van der Waals surface area contributed by atoms with Gasteiger partial charge in [0.15, 0.2) is 0 Å². The van der Waals surface area contributed by atoms with Gasteiger partial charge < -0.3 is 5.73 Å².